The molecule has 9 heteroatoms. The first-order valence-corrected chi connectivity index (χ1v) is 10.9. The number of rotatable bonds is 8. The largest absolute Gasteiger partial charge is 0.491 e. The highest BCUT2D eigenvalue weighted by Crippen LogP contribution is 2.31. The third-order valence-electron chi connectivity index (χ3n) is 5.47. The van der Waals surface area contributed by atoms with E-state index in [9.17, 15) is 4.79 Å². The van der Waals surface area contributed by atoms with Gasteiger partial charge in [0.2, 0.25) is 0 Å². The van der Waals surface area contributed by atoms with Gasteiger partial charge in [-0.05, 0) is 29.3 Å². The predicted octanol–water partition coefficient (Wildman–Crippen LogP) is 4.32. The smallest absolute Gasteiger partial charge is 0.307 e. The van der Waals surface area contributed by atoms with Crippen molar-refractivity contribution in [2.45, 2.75) is 13.0 Å². The topological polar surface area (TPSA) is 115 Å². The molecule has 0 unspecified atom stereocenters. The predicted molar refractivity (Wildman–Crippen MR) is 132 cm³/mol. The van der Waals surface area contributed by atoms with Gasteiger partial charge in [-0.25, -0.2) is 9.97 Å². The van der Waals surface area contributed by atoms with Gasteiger partial charge in [0.15, 0.2) is 17.4 Å². The monoisotopic (exact) mass is 466 g/mol. The van der Waals surface area contributed by atoms with Crippen molar-refractivity contribution in [3.63, 3.8) is 0 Å². The number of carbonyl (C=O) groups is 1. The molecule has 0 aliphatic rings. The Morgan fingerprint density at radius 1 is 1.06 bits per heavy atom. The maximum atomic E-state index is 11.1. The standard InChI is InChI=1S/C26H22N6O3/c1-35-22-15-28-26(30-25(22)29-19-9-11-27-12-10-19)24-20-7-2-3-8-21(20)32(31-24)16-18-6-4-5-17(13-18)14-23(33)34/h2-13,15H,14,16H2,1H3,(H,33,34)(H,27,28,29,30). The molecular weight excluding hydrogens is 444 g/mol. The Labute approximate surface area is 201 Å². The number of carboxylic acid groups (broad SMARTS) is 1. The lowest BCUT2D eigenvalue weighted by atomic mass is 10.1. The summed E-state index contributed by atoms with van der Waals surface area (Å²) in [6.45, 7) is 0.478. The van der Waals surface area contributed by atoms with Crippen molar-refractivity contribution >= 4 is 28.4 Å². The van der Waals surface area contributed by atoms with Crippen molar-refractivity contribution in [3.05, 3.63) is 90.4 Å². The van der Waals surface area contributed by atoms with Gasteiger partial charge in [-0.3, -0.25) is 14.5 Å². The van der Waals surface area contributed by atoms with Crippen LogP contribution in [-0.2, 0) is 17.8 Å². The maximum absolute atomic E-state index is 11.1. The fourth-order valence-electron chi connectivity index (χ4n) is 3.89. The average molecular weight is 467 g/mol. The summed E-state index contributed by atoms with van der Waals surface area (Å²) in [6, 6.07) is 19.1. The Morgan fingerprint density at radius 2 is 1.86 bits per heavy atom. The molecule has 0 aliphatic carbocycles. The van der Waals surface area contributed by atoms with Crippen LogP contribution in [0.4, 0.5) is 11.5 Å². The van der Waals surface area contributed by atoms with E-state index in [4.69, 9.17) is 19.9 Å². The molecule has 0 fully saturated rings. The van der Waals surface area contributed by atoms with Gasteiger partial charge in [-0.15, -0.1) is 0 Å². The molecule has 0 saturated carbocycles. The van der Waals surface area contributed by atoms with E-state index in [-0.39, 0.29) is 6.42 Å². The van der Waals surface area contributed by atoms with Crippen LogP contribution in [0, 0.1) is 0 Å². The quantitative estimate of drug-likeness (QED) is 0.348. The molecule has 3 heterocycles. The molecule has 9 nitrogen and oxygen atoms in total. The van der Waals surface area contributed by atoms with Crippen LogP contribution in [0.5, 0.6) is 5.75 Å². The lowest BCUT2D eigenvalue weighted by Crippen LogP contribution is -2.05. The number of nitrogens with one attached hydrogen (secondary N) is 1. The summed E-state index contributed by atoms with van der Waals surface area (Å²) in [4.78, 5) is 24.4. The molecule has 174 valence electrons. The zero-order chi connectivity index (χ0) is 24.2. The lowest BCUT2D eigenvalue weighted by molar-refractivity contribution is -0.136. The minimum Gasteiger partial charge on any atom is -0.491 e. The number of fused-ring (bicyclic) bond motifs is 1. The molecule has 0 saturated heterocycles. The number of benzene rings is 2. The number of ether oxygens (including phenoxy) is 1. The number of nitrogens with zero attached hydrogens (tertiary/aromatic N) is 5. The van der Waals surface area contributed by atoms with Gasteiger partial charge in [-0.2, -0.15) is 5.10 Å². The van der Waals surface area contributed by atoms with Crippen molar-refractivity contribution in [3.8, 4) is 17.3 Å². The van der Waals surface area contributed by atoms with E-state index in [0.717, 1.165) is 27.7 Å². The van der Waals surface area contributed by atoms with Crippen LogP contribution >= 0.6 is 0 Å². The van der Waals surface area contributed by atoms with Gasteiger partial charge in [-0.1, -0.05) is 42.5 Å². The van der Waals surface area contributed by atoms with E-state index in [1.54, 1.807) is 25.7 Å². The van der Waals surface area contributed by atoms with Gasteiger partial charge >= 0.3 is 5.97 Å². The first kappa shape index (κ1) is 22.0. The lowest BCUT2D eigenvalue weighted by Gasteiger charge is -2.10. The van der Waals surface area contributed by atoms with Crippen molar-refractivity contribution in [1.82, 2.24) is 24.7 Å². The molecular formula is C26H22N6O3. The van der Waals surface area contributed by atoms with Crippen molar-refractivity contribution < 1.29 is 14.6 Å². The van der Waals surface area contributed by atoms with Crippen molar-refractivity contribution in [2.75, 3.05) is 12.4 Å². The zero-order valence-corrected chi connectivity index (χ0v) is 18.9. The molecule has 2 N–H and O–H groups in total. The van der Waals surface area contributed by atoms with Gasteiger partial charge in [0.25, 0.3) is 0 Å². The zero-order valence-electron chi connectivity index (χ0n) is 18.9. The fraction of sp³-hybridized carbons (Fsp3) is 0.115. The van der Waals surface area contributed by atoms with Crippen LogP contribution in [0.3, 0.4) is 0 Å². The summed E-state index contributed by atoms with van der Waals surface area (Å²) in [5.41, 5.74) is 4.09. The van der Waals surface area contributed by atoms with Crippen LogP contribution in [0.15, 0.2) is 79.3 Å². The minimum atomic E-state index is -0.859. The second-order valence-corrected chi connectivity index (χ2v) is 7.89. The Hall–Kier alpha value is -4.79. The van der Waals surface area contributed by atoms with Crippen LogP contribution in [-0.4, -0.2) is 42.9 Å². The number of aromatic nitrogens is 5. The summed E-state index contributed by atoms with van der Waals surface area (Å²) in [7, 11) is 1.57. The molecule has 0 bridgehead atoms. The Bertz CT molecular complexity index is 1500. The third-order valence-corrected chi connectivity index (χ3v) is 5.47. The molecule has 0 radical (unpaired) electrons. The number of pyridine rings is 1. The summed E-state index contributed by atoms with van der Waals surface area (Å²) in [6.07, 6.45) is 4.98. The molecule has 0 amide bonds. The average Bonchev–Trinajstić information content (AvgIpc) is 3.23. The molecule has 3 aromatic heterocycles. The second kappa shape index (κ2) is 9.60. The highest BCUT2D eigenvalue weighted by Gasteiger charge is 2.17. The number of anilines is 2. The van der Waals surface area contributed by atoms with E-state index >= 15 is 0 Å². The Morgan fingerprint density at radius 3 is 2.66 bits per heavy atom. The molecule has 0 spiro atoms. The number of aliphatic carboxylic acids is 1. The van der Waals surface area contributed by atoms with Crippen LogP contribution in [0.1, 0.15) is 11.1 Å². The van der Waals surface area contributed by atoms with Crippen LogP contribution in [0.2, 0.25) is 0 Å². The number of carboxylic acids is 1. The highest BCUT2D eigenvalue weighted by atomic mass is 16.5. The Balaban J connectivity index is 1.53. The van der Waals surface area contributed by atoms with Crippen LogP contribution < -0.4 is 10.1 Å². The number of hydrogen-bond donors (Lipinski definition) is 2. The Kier molecular flexibility index (Phi) is 6.04. The van der Waals surface area contributed by atoms with Crippen molar-refractivity contribution in [2.24, 2.45) is 0 Å². The van der Waals surface area contributed by atoms with E-state index < -0.39 is 5.97 Å². The molecule has 0 atom stereocenters. The number of para-hydroxylation sites is 1. The highest BCUT2D eigenvalue weighted by molar-refractivity contribution is 5.92. The van der Waals surface area contributed by atoms with E-state index in [1.807, 2.05) is 65.3 Å². The molecule has 5 aromatic rings. The SMILES string of the molecule is COc1cnc(-c2nn(Cc3cccc(CC(=O)O)c3)c3ccccc23)nc1Nc1ccncc1. The fourth-order valence-corrected chi connectivity index (χ4v) is 3.89. The van der Waals surface area contributed by atoms with Crippen LogP contribution in [0.25, 0.3) is 22.4 Å². The van der Waals surface area contributed by atoms with E-state index in [0.29, 0.717) is 29.6 Å². The summed E-state index contributed by atoms with van der Waals surface area (Å²) < 4.78 is 7.33. The molecule has 2 aromatic carbocycles. The van der Waals surface area contributed by atoms with Gasteiger partial charge in [0, 0.05) is 23.5 Å². The second-order valence-electron chi connectivity index (χ2n) is 7.89. The van der Waals surface area contributed by atoms with E-state index in [1.165, 1.54) is 0 Å². The number of methoxy groups -OCH3 is 1. The summed E-state index contributed by atoms with van der Waals surface area (Å²) in [5, 5.41) is 18.1. The maximum Gasteiger partial charge on any atom is 0.307 e. The summed E-state index contributed by atoms with van der Waals surface area (Å²) >= 11 is 0. The van der Waals surface area contributed by atoms with Crippen molar-refractivity contribution in [1.29, 1.82) is 0 Å². The van der Waals surface area contributed by atoms with E-state index in [2.05, 4.69) is 15.3 Å². The minimum absolute atomic E-state index is 0.0219. The first-order chi connectivity index (χ1) is 17.1. The molecule has 35 heavy (non-hydrogen) atoms. The summed E-state index contributed by atoms with van der Waals surface area (Å²) in [5.74, 6) is 0.618. The number of hydrogen-bond acceptors (Lipinski definition) is 7. The first-order valence-electron chi connectivity index (χ1n) is 10.9. The third kappa shape index (κ3) is 4.79. The van der Waals surface area contributed by atoms with Gasteiger partial charge in [0.05, 0.1) is 31.8 Å². The van der Waals surface area contributed by atoms with Gasteiger partial charge in [0.1, 0.15) is 5.69 Å². The molecule has 0 aliphatic heterocycles. The molecule has 5 rings (SSSR count). The normalized spacial score (nSPS) is 10.9. The van der Waals surface area contributed by atoms with Gasteiger partial charge < -0.3 is 15.2 Å².